The Morgan fingerprint density at radius 1 is 1.53 bits per heavy atom. The summed E-state index contributed by atoms with van der Waals surface area (Å²) in [6.07, 6.45) is 2.59. The van der Waals surface area contributed by atoms with Gasteiger partial charge >= 0.3 is 0 Å². The normalized spacial score (nSPS) is 25.7. The van der Waals surface area contributed by atoms with Gasteiger partial charge in [-0.2, -0.15) is 4.99 Å². The van der Waals surface area contributed by atoms with Crippen LogP contribution in [0.2, 0.25) is 0 Å². The average Bonchev–Trinajstić information content (AvgIpc) is 2.25. The van der Waals surface area contributed by atoms with Crippen LogP contribution >= 0.6 is 23.2 Å². The standard InChI is InChI=1S/C9H9Cl2NO3/c1-14-5-3-6(15-2)8(11)9(7(5)10)12-4-13/h3,5,7H,1-2H3. The fraction of sp³-hybridized carbons (Fsp3) is 0.444. The third kappa shape index (κ3) is 2.41. The molecule has 0 saturated carbocycles. The number of rotatable bonds is 3. The zero-order valence-corrected chi connectivity index (χ0v) is 9.67. The molecule has 2 unspecified atom stereocenters. The van der Waals surface area contributed by atoms with Gasteiger partial charge in [0.25, 0.3) is 0 Å². The van der Waals surface area contributed by atoms with Crippen molar-refractivity contribution >= 4 is 29.3 Å². The van der Waals surface area contributed by atoms with Crippen molar-refractivity contribution in [3.05, 3.63) is 22.6 Å². The molecule has 0 aliphatic heterocycles. The molecule has 0 N–H and O–H groups in total. The van der Waals surface area contributed by atoms with E-state index in [1.165, 1.54) is 20.3 Å². The molecule has 0 heterocycles. The van der Waals surface area contributed by atoms with Crippen molar-refractivity contribution in [1.82, 2.24) is 0 Å². The molecule has 15 heavy (non-hydrogen) atoms. The lowest BCUT2D eigenvalue weighted by atomic mass is 10.1. The number of alkyl halides is 1. The molecule has 1 rings (SSSR count). The van der Waals surface area contributed by atoms with Crippen molar-refractivity contribution in [2.75, 3.05) is 14.2 Å². The van der Waals surface area contributed by atoms with Gasteiger partial charge in [-0.25, -0.2) is 4.79 Å². The summed E-state index contributed by atoms with van der Waals surface area (Å²) < 4.78 is 10.1. The molecule has 0 amide bonds. The highest BCUT2D eigenvalue weighted by atomic mass is 35.5. The maximum Gasteiger partial charge on any atom is 0.240 e. The van der Waals surface area contributed by atoms with Gasteiger partial charge in [0.1, 0.15) is 22.3 Å². The Balaban J connectivity index is 3.17. The molecule has 82 valence electrons. The topological polar surface area (TPSA) is 47.9 Å². The monoisotopic (exact) mass is 249 g/mol. The molecule has 1 aliphatic carbocycles. The fourth-order valence-corrected chi connectivity index (χ4v) is 1.90. The van der Waals surface area contributed by atoms with Gasteiger partial charge in [0.2, 0.25) is 6.08 Å². The minimum Gasteiger partial charge on any atom is -0.495 e. The Labute approximate surface area is 97.2 Å². The quantitative estimate of drug-likeness (QED) is 0.437. The van der Waals surface area contributed by atoms with E-state index in [9.17, 15) is 4.79 Å². The van der Waals surface area contributed by atoms with Crippen molar-refractivity contribution in [3.8, 4) is 0 Å². The van der Waals surface area contributed by atoms with E-state index in [2.05, 4.69) is 4.99 Å². The molecule has 0 fully saturated rings. The van der Waals surface area contributed by atoms with E-state index in [1.54, 1.807) is 6.08 Å². The summed E-state index contributed by atoms with van der Waals surface area (Å²) in [7, 11) is 2.95. The summed E-state index contributed by atoms with van der Waals surface area (Å²) in [5.41, 5.74) is 0.208. The number of nitrogens with zero attached hydrogens (tertiary/aromatic N) is 1. The predicted molar refractivity (Wildman–Crippen MR) is 56.5 cm³/mol. The van der Waals surface area contributed by atoms with Crippen molar-refractivity contribution in [1.29, 1.82) is 0 Å². The van der Waals surface area contributed by atoms with Gasteiger partial charge in [-0.3, -0.25) is 0 Å². The molecule has 0 aromatic heterocycles. The molecule has 6 heteroatoms. The number of halogens is 2. The zero-order chi connectivity index (χ0) is 11.4. The molecule has 0 saturated heterocycles. The summed E-state index contributed by atoms with van der Waals surface area (Å²) in [5, 5.41) is -0.419. The van der Waals surface area contributed by atoms with E-state index in [4.69, 9.17) is 32.7 Å². The highest BCUT2D eigenvalue weighted by Gasteiger charge is 2.31. The van der Waals surface area contributed by atoms with E-state index in [1.807, 2.05) is 0 Å². The minimum atomic E-state index is -0.622. The lowest BCUT2D eigenvalue weighted by Gasteiger charge is -2.24. The number of hydrogen-bond donors (Lipinski definition) is 0. The molecule has 0 aromatic carbocycles. The maximum atomic E-state index is 10.2. The zero-order valence-electron chi connectivity index (χ0n) is 8.16. The smallest absolute Gasteiger partial charge is 0.240 e. The third-order valence-electron chi connectivity index (χ3n) is 1.96. The van der Waals surface area contributed by atoms with Gasteiger partial charge < -0.3 is 9.47 Å². The summed E-state index contributed by atoms with van der Waals surface area (Å²) in [5.74, 6) is 0.384. The molecule has 2 atom stereocenters. The summed E-state index contributed by atoms with van der Waals surface area (Å²) in [6.45, 7) is 0. The van der Waals surface area contributed by atoms with Crippen LogP contribution in [0.4, 0.5) is 0 Å². The molecular formula is C9H9Cl2NO3. The van der Waals surface area contributed by atoms with Gasteiger partial charge in [0, 0.05) is 7.11 Å². The largest absolute Gasteiger partial charge is 0.495 e. The molecule has 0 radical (unpaired) electrons. The SMILES string of the molecule is COC1=CC(OC)C(Cl)C(N=C=O)=C1Cl. The second-order valence-electron chi connectivity index (χ2n) is 2.74. The highest BCUT2D eigenvalue weighted by Crippen LogP contribution is 2.33. The number of ether oxygens (including phenoxy) is 2. The average molecular weight is 250 g/mol. The van der Waals surface area contributed by atoms with Gasteiger partial charge in [-0.1, -0.05) is 11.6 Å². The van der Waals surface area contributed by atoms with Crippen molar-refractivity contribution < 1.29 is 14.3 Å². The number of carbonyl (C=O) groups excluding carboxylic acids is 1. The third-order valence-corrected chi connectivity index (χ3v) is 2.80. The number of allylic oxidation sites excluding steroid dienone is 1. The van der Waals surface area contributed by atoms with Crippen LogP contribution in [0.5, 0.6) is 0 Å². The minimum absolute atomic E-state index is 0.203. The van der Waals surface area contributed by atoms with E-state index in [0.29, 0.717) is 5.76 Å². The van der Waals surface area contributed by atoms with Crippen molar-refractivity contribution in [2.24, 2.45) is 4.99 Å². The highest BCUT2D eigenvalue weighted by molar-refractivity contribution is 6.34. The Morgan fingerprint density at radius 3 is 2.67 bits per heavy atom. The first-order valence-corrected chi connectivity index (χ1v) is 4.87. The molecule has 4 nitrogen and oxygen atoms in total. The number of methoxy groups -OCH3 is 2. The first-order chi connectivity index (χ1) is 7.15. The van der Waals surface area contributed by atoms with Crippen LogP contribution < -0.4 is 0 Å². The van der Waals surface area contributed by atoms with Crippen LogP contribution in [0.25, 0.3) is 0 Å². The first kappa shape index (κ1) is 12.3. The number of isocyanates is 1. The van der Waals surface area contributed by atoms with Gasteiger partial charge in [-0.05, 0) is 6.08 Å². The van der Waals surface area contributed by atoms with E-state index >= 15 is 0 Å². The Hall–Kier alpha value is -0.800. The van der Waals surface area contributed by atoms with Crippen molar-refractivity contribution in [2.45, 2.75) is 11.5 Å². The Bertz CT molecular complexity index is 358. The van der Waals surface area contributed by atoms with Crippen LogP contribution in [0.1, 0.15) is 0 Å². The van der Waals surface area contributed by atoms with Gasteiger partial charge in [0.15, 0.2) is 0 Å². The Kier molecular flexibility index (Phi) is 4.36. The number of hydrogen-bond acceptors (Lipinski definition) is 4. The lowest BCUT2D eigenvalue weighted by molar-refractivity contribution is 0.136. The van der Waals surface area contributed by atoms with E-state index in [-0.39, 0.29) is 10.7 Å². The molecule has 0 aromatic rings. The summed E-state index contributed by atoms with van der Waals surface area (Å²) in [4.78, 5) is 13.7. The lowest BCUT2D eigenvalue weighted by Crippen LogP contribution is -2.27. The van der Waals surface area contributed by atoms with Crippen LogP contribution in [-0.4, -0.2) is 31.8 Å². The second-order valence-corrected chi connectivity index (χ2v) is 3.59. The Morgan fingerprint density at radius 2 is 2.20 bits per heavy atom. The van der Waals surface area contributed by atoms with Crippen LogP contribution in [-0.2, 0) is 14.3 Å². The first-order valence-electron chi connectivity index (χ1n) is 4.06. The van der Waals surface area contributed by atoms with E-state index in [0.717, 1.165) is 0 Å². The van der Waals surface area contributed by atoms with Crippen molar-refractivity contribution in [3.63, 3.8) is 0 Å². The molecule has 1 aliphatic rings. The van der Waals surface area contributed by atoms with Crippen LogP contribution in [0.15, 0.2) is 27.6 Å². The van der Waals surface area contributed by atoms with E-state index < -0.39 is 11.5 Å². The molecule has 0 bridgehead atoms. The number of aliphatic imine (C=N–C) groups is 1. The van der Waals surface area contributed by atoms with Crippen LogP contribution in [0.3, 0.4) is 0 Å². The van der Waals surface area contributed by atoms with Gasteiger partial charge in [-0.15, -0.1) is 11.6 Å². The predicted octanol–water partition coefficient (Wildman–Crippen LogP) is 1.94. The van der Waals surface area contributed by atoms with Crippen LogP contribution in [0, 0.1) is 0 Å². The maximum absolute atomic E-state index is 10.2. The second kappa shape index (κ2) is 5.33. The van der Waals surface area contributed by atoms with Gasteiger partial charge in [0.05, 0.1) is 12.8 Å². The fourth-order valence-electron chi connectivity index (χ4n) is 1.21. The summed E-state index contributed by atoms with van der Waals surface area (Å²) in [6, 6.07) is 0. The molecular weight excluding hydrogens is 241 g/mol. The molecule has 0 spiro atoms. The summed E-state index contributed by atoms with van der Waals surface area (Å²) >= 11 is 11.9.